The summed E-state index contributed by atoms with van der Waals surface area (Å²) in [7, 11) is 0. The average molecular weight is 388 g/mol. The van der Waals surface area contributed by atoms with Gasteiger partial charge in [0.05, 0.1) is 12.3 Å². The van der Waals surface area contributed by atoms with Crippen LogP contribution in [0.4, 0.5) is 0 Å². The summed E-state index contributed by atoms with van der Waals surface area (Å²) in [6.45, 7) is 5.96. The standard InChI is InChI=1S/C24H24N2O3/c1-16-11-12-21(17(2)14-16)18(3)25-24(28)22(15-20-10-7-13-29-20)26-23(27)19-8-5-4-6-9-19/h4-15,18H,1-3H3,(H,25,28)(H,26,27)/b22-15-/t18-/m1/s1. The largest absolute Gasteiger partial charge is 0.465 e. The van der Waals surface area contributed by atoms with Crippen LogP contribution >= 0.6 is 0 Å². The van der Waals surface area contributed by atoms with Crippen molar-refractivity contribution in [1.29, 1.82) is 0 Å². The molecular weight excluding hydrogens is 364 g/mol. The van der Waals surface area contributed by atoms with Gasteiger partial charge in [-0.1, -0.05) is 42.0 Å². The number of aryl methyl sites for hydroxylation is 2. The lowest BCUT2D eigenvalue weighted by atomic mass is 10.00. The van der Waals surface area contributed by atoms with Crippen LogP contribution in [0.15, 0.2) is 77.0 Å². The minimum atomic E-state index is -0.391. The van der Waals surface area contributed by atoms with Gasteiger partial charge in [-0.3, -0.25) is 9.59 Å². The number of amides is 2. The Hall–Kier alpha value is -3.60. The molecule has 2 amide bonds. The second-order valence-electron chi connectivity index (χ2n) is 6.95. The first-order valence-corrected chi connectivity index (χ1v) is 9.43. The molecule has 0 fully saturated rings. The summed E-state index contributed by atoms with van der Waals surface area (Å²) in [4.78, 5) is 25.5. The minimum absolute atomic E-state index is 0.116. The molecule has 2 N–H and O–H groups in total. The molecule has 1 atom stereocenters. The van der Waals surface area contributed by atoms with Crippen LogP contribution in [-0.4, -0.2) is 11.8 Å². The monoisotopic (exact) mass is 388 g/mol. The van der Waals surface area contributed by atoms with E-state index in [2.05, 4.69) is 16.7 Å². The fourth-order valence-electron chi connectivity index (χ4n) is 3.12. The topological polar surface area (TPSA) is 71.3 Å². The van der Waals surface area contributed by atoms with Gasteiger partial charge < -0.3 is 15.1 Å². The molecule has 1 aromatic heterocycles. The van der Waals surface area contributed by atoms with Gasteiger partial charge >= 0.3 is 0 Å². The maximum atomic E-state index is 13.0. The SMILES string of the molecule is Cc1ccc([C@@H](C)NC(=O)/C(=C/c2ccco2)NC(=O)c2ccccc2)c(C)c1. The molecule has 0 aliphatic carbocycles. The number of benzene rings is 2. The van der Waals surface area contributed by atoms with Gasteiger partial charge in [0, 0.05) is 11.6 Å². The van der Waals surface area contributed by atoms with Crippen molar-refractivity contribution in [1.82, 2.24) is 10.6 Å². The highest BCUT2D eigenvalue weighted by Gasteiger charge is 2.18. The molecule has 0 unspecified atom stereocenters. The third kappa shape index (κ3) is 5.23. The Morgan fingerprint density at radius 1 is 1.00 bits per heavy atom. The van der Waals surface area contributed by atoms with E-state index in [1.807, 2.05) is 39.0 Å². The van der Waals surface area contributed by atoms with Crippen molar-refractivity contribution in [2.24, 2.45) is 0 Å². The summed E-state index contributed by atoms with van der Waals surface area (Å²) in [5.74, 6) is -0.279. The zero-order valence-corrected chi connectivity index (χ0v) is 16.7. The summed E-state index contributed by atoms with van der Waals surface area (Å²) in [6, 6.07) is 18.1. The Kier molecular flexibility index (Phi) is 6.29. The zero-order valence-electron chi connectivity index (χ0n) is 16.7. The quantitative estimate of drug-likeness (QED) is 0.609. The van der Waals surface area contributed by atoms with Gasteiger partial charge in [0.25, 0.3) is 11.8 Å². The maximum Gasteiger partial charge on any atom is 0.268 e. The Morgan fingerprint density at radius 3 is 2.41 bits per heavy atom. The third-order valence-electron chi connectivity index (χ3n) is 4.60. The van der Waals surface area contributed by atoms with E-state index in [1.165, 1.54) is 17.9 Å². The first-order valence-electron chi connectivity index (χ1n) is 9.43. The highest BCUT2D eigenvalue weighted by atomic mass is 16.3. The van der Waals surface area contributed by atoms with Crippen LogP contribution in [0.1, 0.15) is 45.8 Å². The molecule has 0 saturated heterocycles. The highest BCUT2D eigenvalue weighted by Crippen LogP contribution is 2.19. The molecule has 0 aliphatic heterocycles. The molecule has 148 valence electrons. The molecule has 0 spiro atoms. The molecule has 3 aromatic rings. The minimum Gasteiger partial charge on any atom is -0.465 e. The van der Waals surface area contributed by atoms with Crippen LogP contribution < -0.4 is 10.6 Å². The van der Waals surface area contributed by atoms with Crippen LogP contribution in [0.5, 0.6) is 0 Å². The van der Waals surface area contributed by atoms with E-state index in [0.29, 0.717) is 11.3 Å². The zero-order chi connectivity index (χ0) is 20.8. The van der Waals surface area contributed by atoms with Crippen molar-refractivity contribution in [3.63, 3.8) is 0 Å². The smallest absolute Gasteiger partial charge is 0.268 e. The number of nitrogens with one attached hydrogen (secondary N) is 2. The van der Waals surface area contributed by atoms with Crippen molar-refractivity contribution in [2.75, 3.05) is 0 Å². The number of hydrogen-bond donors (Lipinski definition) is 2. The number of carbonyl (C=O) groups is 2. The molecule has 29 heavy (non-hydrogen) atoms. The van der Waals surface area contributed by atoms with E-state index in [1.54, 1.807) is 36.4 Å². The molecule has 0 aliphatic rings. The average Bonchev–Trinajstić information content (AvgIpc) is 3.21. The second kappa shape index (κ2) is 9.06. The molecule has 0 radical (unpaired) electrons. The van der Waals surface area contributed by atoms with E-state index in [0.717, 1.165) is 11.1 Å². The fourth-order valence-corrected chi connectivity index (χ4v) is 3.12. The summed E-state index contributed by atoms with van der Waals surface area (Å²) in [5, 5.41) is 5.66. The predicted molar refractivity (Wildman–Crippen MR) is 113 cm³/mol. The van der Waals surface area contributed by atoms with Crippen molar-refractivity contribution in [2.45, 2.75) is 26.8 Å². The van der Waals surface area contributed by atoms with E-state index >= 15 is 0 Å². The highest BCUT2D eigenvalue weighted by molar-refractivity contribution is 6.05. The van der Waals surface area contributed by atoms with Gasteiger partial charge in [0.15, 0.2) is 0 Å². The van der Waals surface area contributed by atoms with E-state index in [4.69, 9.17) is 4.42 Å². The van der Waals surface area contributed by atoms with E-state index < -0.39 is 5.91 Å². The maximum absolute atomic E-state index is 13.0. The normalized spacial score (nSPS) is 12.3. The van der Waals surface area contributed by atoms with E-state index in [9.17, 15) is 9.59 Å². The predicted octanol–water partition coefficient (Wildman–Crippen LogP) is 4.54. The lowest BCUT2D eigenvalue weighted by Gasteiger charge is -2.18. The van der Waals surface area contributed by atoms with Crippen molar-refractivity contribution < 1.29 is 14.0 Å². The van der Waals surface area contributed by atoms with Crippen molar-refractivity contribution >= 4 is 17.9 Å². The molecule has 1 heterocycles. The summed E-state index contributed by atoms with van der Waals surface area (Å²) in [6.07, 6.45) is 3.03. The van der Waals surface area contributed by atoms with Crippen LogP contribution in [0.3, 0.4) is 0 Å². The molecular formula is C24H24N2O3. The van der Waals surface area contributed by atoms with Crippen LogP contribution in [0, 0.1) is 13.8 Å². The molecule has 2 aromatic carbocycles. The van der Waals surface area contributed by atoms with Gasteiger partial charge in [0.2, 0.25) is 0 Å². The Bertz CT molecular complexity index is 1020. The molecule has 0 saturated carbocycles. The molecule has 0 bridgehead atoms. The third-order valence-corrected chi connectivity index (χ3v) is 4.60. The van der Waals surface area contributed by atoms with Gasteiger partial charge in [-0.15, -0.1) is 0 Å². The Labute approximate surface area is 170 Å². The summed E-state index contributed by atoms with van der Waals surface area (Å²) < 4.78 is 5.32. The van der Waals surface area contributed by atoms with Crippen LogP contribution in [0.2, 0.25) is 0 Å². The van der Waals surface area contributed by atoms with Gasteiger partial charge in [0.1, 0.15) is 11.5 Å². The first kappa shape index (κ1) is 20.1. The number of carbonyl (C=O) groups excluding carboxylic acids is 2. The number of furan rings is 1. The number of hydrogen-bond acceptors (Lipinski definition) is 3. The van der Waals surface area contributed by atoms with Crippen molar-refractivity contribution in [3.8, 4) is 0 Å². The van der Waals surface area contributed by atoms with Crippen LogP contribution in [-0.2, 0) is 4.79 Å². The summed E-state index contributed by atoms with van der Waals surface area (Å²) >= 11 is 0. The Balaban J connectivity index is 1.81. The molecule has 5 heteroatoms. The van der Waals surface area contributed by atoms with Crippen molar-refractivity contribution in [3.05, 3.63) is 101 Å². The molecule has 5 nitrogen and oxygen atoms in total. The Morgan fingerprint density at radius 2 is 1.76 bits per heavy atom. The van der Waals surface area contributed by atoms with E-state index in [-0.39, 0.29) is 17.6 Å². The van der Waals surface area contributed by atoms with Gasteiger partial charge in [-0.2, -0.15) is 0 Å². The number of rotatable bonds is 6. The lowest BCUT2D eigenvalue weighted by Crippen LogP contribution is -2.36. The lowest BCUT2D eigenvalue weighted by molar-refractivity contribution is -0.118. The van der Waals surface area contributed by atoms with Gasteiger partial charge in [-0.25, -0.2) is 0 Å². The first-order chi connectivity index (χ1) is 13.9. The van der Waals surface area contributed by atoms with Gasteiger partial charge in [-0.05, 0) is 56.2 Å². The summed E-state index contributed by atoms with van der Waals surface area (Å²) in [5.41, 5.74) is 3.87. The fraction of sp³-hybridized carbons (Fsp3) is 0.167. The van der Waals surface area contributed by atoms with Crippen LogP contribution in [0.25, 0.3) is 6.08 Å². The molecule has 3 rings (SSSR count). The second-order valence-corrected chi connectivity index (χ2v) is 6.95.